The van der Waals surface area contributed by atoms with E-state index < -0.39 is 0 Å². The molecule has 0 aromatic carbocycles. The lowest BCUT2D eigenvalue weighted by atomic mass is 10.2. The molecule has 1 aliphatic heterocycles. The van der Waals surface area contributed by atoms with E-state index in [-0.39, 0.29) is 17.4 Å². The fourth-order valence-corrected chi connectivity index (χ4v) is 3.28. The number of nitrogens with zero attached hydrogens (tertiary/aromatic N) is 5. The first-order valence-corrected chi connectivity index (χ1v) is 9.62. The van der Waals surface area contributed by atoms with E-state index in [1.54, 1.807) is 30.8 Å². The van der Waals surface area contributed by atoms with Gasteiger partial charge in [-0.2, -0.15) is 0 Å². The molecule has 0 bridgehead atoms. The van der Waals surface area contributed by atoms with Crippen molar-refractivity contribution in [1.29, 1.82) is 0 Å². The van der Waals surface area contributed by atoms with Gasteiger partial charge in [-0.15, -0.1) is 0 Å². The predicted octanol–water partition coefficient (Wildman–Crippen LogP) is 1.28. The third-order valence-corrected chi connectivity index (χ3v) is 4.99. The highest BCUT2D eigenvalue weighted by Gasteiger charge is 2.20. The van der Waals surface area contributed by atoms with Crippen LogP contribution in [0.5, 0.6) is 5.88 Å². The van der Waals surface area contributed by atoms with Crippen molar-refractivity contribution in [3.8, 4) is 5.88 Å². The van der Waals surface area contributed by atoms with Crippen LogP contribution in [0.2, 0.25) is 0 Å². The number of ether oxygens (including phenoxy) is 2. The smallest absolute Gasteiger partial charge is 0.332 e. The average molecular weight is 397 g/mol. The van der Waals surface area contributed by atoms with Crippen molar-refractivity contribution in [2.75, 3.05) is 13.2 Å². The van der Waals surface area contributed by atoms with Crippen LogP contribution in [0.15, 0.2) is 27.9 Å². The first-order valence-electron chi connectivity index (χ1n) is 9.62. The minimum Gasteiger partial charge on any atom is -0.469 e. The molecule has 29 heavy (non-hydrogen) atoms. The zero-order chi connectivity index (χ0) is 20.5. The van der Waals surface area contributed by atoms with Crippen molar-refractivity contribution < 1.29 is 9.47 Å². The topological polar surface area (TPSA) is 93.2 Å². The second kappa shape index (κ2) is 7.67. The van der Waals surface area contributed by atoms with Crippen LogP contribution < -0.4 is 16.0 Å². The van der Waals surface area contributed by atoms with Crippen LogP contribution in [-0.2, 0) is 24.9 Å². The second-order valence-electron chi connectivity index (χ2n) is 6.82. The molecule has 3 aromatic rings. The third kappa shape index (κ3) is 3.38. The molecule has 0 spiro atoms. The Hall–Kier alpha value is -3.20. The van der Waals surface area contributed by atoms with E-state index in [9.17, 15) is 9.59 Å². The van der Waals surface area contributed by atoms with Crippen molar-refractivity contribution in [3.63, 3.8) is 0 Å². The largest absolute Gasteiger partial charge is 0.469 e. The highest BCUT2D eigenvalue weighted by molar-refractivity contribution is 5.76. The molecule has 0 radical (unpaired) electrons. The first-order chi connectivity index (χ1) is 14.0. The Morgan fingerprint density at radius 2 is 1.93 bits per heavy atom. The summed E-state index contributed by atoms with van der Waals surface area (Å²) in [6, 6.07) is 3.70. The molecule has 0 amide bonds. The summed E-state index contributed by atoms with van der Waals surface area (Å²) in [6.07, 6.45) is 5.45. The van der Waals surface area contributed by atoms with Gasteiger partial charge in [0.1, 0.15) is 11.9 Å². The minimum atomic E-state index is -0.335. The molecular formula is C20H23N5O4. The molecule has 4 rings (SSSR count). The standard InChI is InChI=1S/C20H23N5O4/c1-4-24-18-17(19(26)25(5-2)20(24)27)23(3)15(22-18)8-6-13-7-9-16(21-10-13)29-14-11-28-12-14/h6-10,14H,4-5,11-12H2,1-3H3/b8-6+. The summed E-state index contributed by atoms with van der Waals surface area (Å²) in [6.45, 7) is 5.59. The Balaban J connectivity index is 1.67. The van der Waals surface area contributed by atoms with Crippen molar-refractivity contribution in [2.24, 2.45) is 7.05 Å². The fraction of sp³-hybridized carbons (Fsp3) is 0.400. The highest BCUT2D eigenvalue weighted by Crippen LogP contribution is 2.16. The number of aryl methyl sites for hydroxylation is 2. The quantitative estimate of drug-likeness (QED) is 0.622. The van der Waals surface area contributed by atoms with Crippen LogP contribution in [0.25, 0.3) is 23.3 Å². The maximum atomic E-state index is 12.7. The van der Waals surface area contributed by atoms with Gasteiger partial charge < -0.3 is 14.0 Å². The Labute approximate surface area is 166 Å². The summed E-state index contributed by atoms with van der Waals surface area (Å²) in [5, 5.41) is 0. The van der Waals surface area contributed by atoms with Crippen LogP contribution in [0.3, 0.4) is 0 Å². The van der Waals surface area contributed by atoms with Gasteiger partial charge in [0.25, 0.3) is 5.56 Å². The molecule has 9 heteroatoms. The van der Waals surface area contributed by atoms with Crippen LogP contribution in [0.4, 0.5) is 0 Å². The molecule has 0 saturated carbocycles. The van der Waals surface area contributed by atoms with Crippen LogP contribution >= 0.6 is 0 Å². The van der Waals surface area contributed by atoms with Crippen LogP contribution in [0.1, 0.15) is 25.2 Å². The van der Waals surface area contributed by atoms with Gasteiger partial charge in [0.05, 0.1) is 13.2 Å². The number of hydrogen-bond donors (Lipinski definition) is 0. The maximum Gasteiger partial charge on any atom is 0.332 e. The summed E-state index contributed by atoms with van der Waals surface area (Å²) >= 11 is 0. The number of pyridine rings is 1. The Bertz CT molecular complexity index is 1180. The van der Waals surface area contributed by atoms with Gasteiger partial charge in [-0.1, -0.05) is 0 Å². The molecule has 9 nitrogen and oxygen atoms in total. The Morgan fingerprint density at radius 1 is 1.17 bits per heavy atom. The summed E-state index contributed by atoms with van der Waals surface area (Å²) in [5.74, 6) is 1.14. The van der Waals surface area contributed by atoms with Gasteiger partial charge >= 0.3 is 5.69 Å². The monoisotopic (exact) mass is 397 g/mol. The van der Waals surface area contributed by atoms with E-state index >= 15 is 0 Å². The average Bonchev–Trinajstić information content (AvgIpc) is 3.01. The molecule has 0 atom stereocenters. The molecule has 0 N–H and O–H groups in total. The van der Waals surface area contributed by atoms with Gasteiger partial charge in [0.15, 0.2) is 11.2 Å². The van der Waals surface area contributed by atoms with Gasteiger partial charge in [0.2, 0.25) is 5.88 Å². The highest BCUT2D eigenvalue weighted by atomic mass is 16.6. The van der Waals surface area contributed by atoms with E-state index in [0.29, 0.717) is 49.2 Å². The number of fused-ring (bicyclic) bond motifs is 1. The summed E-state index contributed by atoms with van der Waals surface area (Å²) in [7, 11) is 1.77. The summed E-state index contributed by atoms with van der Waals surface area (Å²) in [4.78, 5) is 34.1. The number of aromatic nitrogens is 5. The fourth-order valence-electron chi connectivity index (χ4n) is 3.28. The van der Waals surface area contributed by atoms with Gasteiger partial charge in [-0.3, -0.25) is 13.9 Å². The molecule has 4 heterocycles. The molecule has 3 aromatic heterocycles. The van der Waals surface area contributed by atoms with Crippen molar-refractivity contribution in [2.45, 2.75) is 33.0 Å². The molecule has 0 unspecified atom stereocenters. The van der Waals surface area contributed by atoms with Crippen LogP contribution in [0, 0.1) is 0 Å². The minimum absolute atomic E-state index is 0.0761. The van der Waals surface area contributed by atoms with E-state index in [0.717, 1.165) is 5.56 Å². The van der Waals surface area contributed by atoms with E-state index in [1.807, 2.05) is 25.1 Å². The predicted molar refractivity (Wildman–Crippen MR) is 109 cm³/mol. The third-order valence-electron chi connectivity index (χ3n) is 4.99. The second-order valence-corrected chi connectivity index (χ2v) is 6.82. The molecule has 1 fully saturated rings. The van der Waals surface area contributed by atoms with E-state index in [4.69, 9.17) is 9.47 Å². The van der Waals surface area contributed by atoms with Crippen molar-refractivity contribution in [1.82, 2.24) is 23.7 Å². The van der Waals surface area contributed by atoms with Gasteiger partial charge in [-0.05, 0) is 37.6 Å². The summed E-state index contributed by atoms with van der Waals surface area (Å²) < 4.78 is 15.2. The van der Waals surface area contributed by atoms with Gasteiger partial charge in [0, 0.05) is 32.4 Å². The van der Waals surface area contributed by atoms with E-state index in [2.05, 4.69) is 9.97 Å². The van der Waals surface area contributed by atoms with Gasteiger partial charge in [-0.25, -0.2) is 14.8 Å². The Morgan fingerprint density at radius 3 is 2.52 bits per heavy atom. The lowest BCUT2D eigenvalue weighted by molar-refractivity contribution is -0.0813. The van der Waals surface area contributed by atoms with E-state index in [1.165, 1.54) is 9.13 Å². The normalized spacial score (nSPS) is 14.6. The lowest BCUT2D eigenvalue weighted by Crippen LogP contribution is -2.39. The number of rotatable bonds is 6. The first kappa shape index (κ1) is 19.1. The molecule has 1 saturated heterocycles. The molecule has 152 valence electrons. The SMILES string of the molecule is CCn1c(=O)c2c(nc(/C=C/c3ccc(OC4COC4)nc3)n2C)n(CC)c1=O. The molecule has 1 aliphatic rings. The Kier molecular flexibility index (Phi) is 5.06. The molecular weight excluding hydrogens is 374 g/mol. The number of hydrogen-bond acceptors (Lipinski definition) is 6. The maximum absolute atomic E-state index is 12.7. The number of imidazole rings is 1. The molecule has 0 aliphatic carbocycles. The van der Waals surface area contributed by atoms with Crippen LogP contribution in [-0.4, -0.2) is 43.0 Å². The zero-order valence-corrected chi connectivity index (χ0v) is 16.7. The van der Waals surface area contributed by atoms with Crippen molar-refractivity contribution in [3.05, 3.63) is 50.6 Å². The van der Waals surface area contributed by atoms with Crippen molar-refractivity contribution >= 4 is 23.3 Å². The lowest BCUT2D eigenvalue weighted by Gasteiger charge is -2.25. The summed E-state index contributed by atoms with van der Waals surface area (Å²) in [5.41, 5.74) is 1.03. The zero-order valence-electron chi connectivity index (χ0n) is 16.7.